The highest BCUT2D eigenvalue weighted by Gasteiger charge is 2.31. The van der Waals surface area contributed by atoms with Crippen molar-refractivity contribution < 1.29 is 22.7 Å². The van der Waals surface area contributed by atoms with Crippen LogP contribution in [0, 0.1) is 0 Å². The maximum atomic E-state index is 12.8. The van der Waals surface area contributed by atoms with Crippen LogP contribution in [0.2, 0.25) is 0 Å². The summed E-state index contributed by atoms with van der Waals surface area (Å²) in [6.07, 6.45) is 0.542. The van der Waals surface area contributed by atoms with E-state index in [9.17, 15) is 13.2 Å². The first kappa shape index (κ1) is 19.0. The van der Waals surface area contributed by atoms with E-state index in [0.717, 1.165) is 6.26 Å². The van der Waals surface area contributed by atoms with Crippen LogP contribution < -0.4 is 19.1 Å². The van der Waals surface area contributed by atoms with Crippen LogP contribution in [0.4, 0.5) is 11.4 Å². The molecule has 144 valence electrons. The van der Waals surface area contributed by atoms with Crippen LogP contribution in [0.5, 0.6) is 11.5 Å². The Labute approximate surface area is 158 Å². The Hall–Kier alpha value is -2.74. The number of fused-ring (bicyclic) bond motifs is 1. The zero-order valence-corrected chi connectivity index (χ0v) is 16.0. The zero-order valence-electron chi connectivity index (χ0n) is 15.2. The fourth-order valence-corrected chi connectivity index (χ4v) is 3.87. The number of ether oxygens (including phenoxy) is 2. The molecule has 7 nitrogen and oxygen atoms in total. The second-order valence-electron chi connectivity index (χ2n) is 6.12. The van der Waals surface area contributed by atoms with Crippen LogP contribution >= 0.6 is 0 Å². The van der Waals surface area contributed by atoms with E-state index in [1.165, 1.54) is 4.31 Å². The number of hydrogen-bond acceptors (Lipinski definition) is 5. The summed E-state index contributed by atoms with van der Waals surface area (Å²) in [5, 5.41) is 2.82. The molecule has 1 aliphatic rings. The lowest BCUT2D eigenvalue weighted by Gasteiger charge is -2.20. The third-order valence-electron chi connectivity index (χ3n) is 4.14. The van der Waals surface area contributed by atoms with Crippen LogP contribution in [-0.2, 0) is 14.8 Å². The fourth-order valence-electron chi connectivity index (χ4n) is 2.92. The lowest BCUT2D eigenvalue weighted by atomic mass is 10.2. The second kappa shape index (κ2) is 7.87. The SMILES string of the molecule is CCOc1ccccc1NC(=O)[C@@H]1CCN(S(C)(=O)=O)c2ccccc2O1. The minimum atomic E-state index is -3.48. The van der Waals surface area contributed by atoms with Crippen molar-refractivity contribution in [1.82, 2.24) is 0 Å². The number of nitrogens with one attached hydrogen (secondary N) is 1. The van der Waals surface area contributed by atoms with Gasteiger partial charge < -0.3 is 14.8 Å². The summed E-state index contributed by atoms with van der Waals surface area (Å²) in [5.41, 5.74) is 0.982. The van der Waals surface area contributed by atoms with Crippen molar-refractivity contribution in [3.63, 3.8) is 0 Å². The van der Waals surface area contributed by atoms with E-state index in [4.69, 9.17) is 9.47 Å². The summed E-state index contributed by atoms with van der Waals surface area (Å²) in [6, 6.07) is 13.9. The predicted octanol–water partition coefficient (Wildman–Crippen LogP) is 2.64. The molecule has 0 bridgehead atoms. The molecule has 0 saturated carbocycles. The minimum absolute atomic E-state index is 0.154. The van der Waals surface area contributed by atoms with Gasteiger partial charge in [0.25, 0.3) is 5.91 Å². The van der Waals surface area contributed by atoms with E-state index in [1.54, 1.807) is 42.5 Å². The summed E-state index contributed by atoms with van der Waals surface area (Å²) in [6.45, 7) is 2.49. The van der Waals surface area contributed by atoms with Gasteiger partial charge in [-0.2, -0.15) is 0 Å². The number of sulfonamides is 1. The van der Waals surface area contributed by atoms with Crippen LogP contribution in [0.15, 0.2) is 48.5 Å². The number of para-hydroxylation sites is 4. The second-order valence-corrected chi connectivity index (χ2v) is 8.02. The maximum Gasteiger partial charge on any atom is 0.265 e. The van der Waals surface area contributed by atoms with Crippen molar-refractivity contribution in [1.29, 1.82) is 0 Å². The van der Waals surface area contributed by atoms with E-state index in [-0.39, 0.29) is 18.9 Å². The van der Waals surface area contributed by atoms with Crippen LogP contribution in [0.3, 0.4) is 0 Å². The molecule has 0 spiro atoms. The number of carbonyl (C=O) groups is 1. The average molecular weight is 390 g/mol. The molecule has 0 unspecified atom stereocenters. The Balaban J connectivity index is 1.84. The number of rotatable bonds is 5. The number of nitrogens with zero attached hydrogens (tertiary/aromatic N) is 1. The quantitative estimate of drug-likeness (QED) is 0.848. The van der Waals surface area contributed by atoms with Gasteiger partial charge in [-0.1, -0.05) is 24.3 Å². The van der Waals surface area contributed by atoms with E-state index < -0.39 is 16.1 Å². The predicted molar refractivity (Wildman–Crippen MR) is 104 cm³/mol. The molecule has 1 N–H and O–H groups in total. The topological polar surface area (TPSA) is 84.9 Å². The number of benzene rings is 2. The third kappa shape index (κ3) is 4.33. The minimum Gasteiger partial charge on any atom is -0.492 e. The van der Waals surface area contributed by atoms with Crippen LogP contribution in [-0.4, -0.2) is 39.8 Å². The molecule has 2 aromatic rings. The van der Waals surface area contributed by atoms with Crippen molar-refractivity contribution in [2.75, 3.05) is 29.0 Å². The van der Waals surface area contributed by atoms with Crippen LogP contribution in [0.25, 0.3) is 0 Å². The lowest BCUT2D eigenvalue weighted by Crippen LogP contribution is -2.36. The van der Waals surface area contributed by atoms with Gasteiger partial charge in [0.15, 0.2) is 6.10 Å². The van der Waals surface area contributed by atoms with Gasteiger partial charge in [-0.05, 0) is 31.2 Å². The molecule has 27 heavy (non-hydrogen) atoms. The Morgan fingerprint density at radius 2 is 1.93 bits per heavy atom. The molecule has 2 aromatic carbocycles. The van der Waals surface area contributed by atoms with Crippen molar-refractivity contribution in [2.24, 2.45) is 0 Å². The highest BCUT2D eigenvalue weighted by atomic mass is 32.2. The molecule has 0 radical (unpaired) electrons. The maximum absolute atomic E-state index is 12.8. The van der Waals surface area contributed by atoms with Crippen molar-refractivity contribution >= 4 is 27.3 Å². The Morgan fingerprint density at radius 3 is 2.67 bits per heavy atom. The van der Waals surface area contributed by atoms with Gasteiger partial charge in [-0.3, -0.25) is 9.10 Å². The number of anilines is 2. The molecular formula is C19H22N2O5S. The Kier molecular flexibility index (Phi) is 5.55. The molecule has 0 fully saturated rings. The summed E-state index contributed by atoms with van der Waals surface area (Å²) in [4.78, 5) is 12.8. The van der Waals surface area contributed by atoms with Gasteiger partial charge >= 0.3 is 0 Å². The number of carbonyl (C=O) groups excluding carboxylic acids is 1. The average Bonchev–Trinajstić information content (AvgIpc) is 2.83. The van der Waals surface area contributed by atoms with Crippen molar-refractivity contribution in [2.45, 2.75) is 19.4 Å². The van der Waals surface area contributed by atoms with Gasteiger partial charge in [0.1, 0.15) is 11.5 Å². The molecule has 1 amide bonds. The van der Waals surface area contributed by atoms with Crippen molar-refractivity contribution in [3.05, 3.63) is 48.5 Å². The molecule has 0 saturated heterocycles. The molecule has 0 aromatic heterocycles. The highest BCUT2D eigenvalue weighted by Crippen LogP contribution is 2.34. The highest BCUT2D eigenvalue weighted by molar-refractivity contribution is 7.92. The first-order valence-electron chi connectivity index (χ1n) is 8.66. The Morgan fingerprint density at radius 1 is 1.22 bits per heavy atom. The first-order valence-corrected chi connectivity index (χ1v) is 10.5. The summed E-state index contributed by atoms with van der Waals surface area (Å²) in [5.74, 6) is 0.575. The smallest absolute Gasteiger partial charge is 0.265 e. The van der Waals surface area contributed by atoms with E-state index >= 15 is 0 Å². The van der Waals surface area contributed by atoms with E-state index in [0.29, 0.717) is 29.5 Å². The molecule has 3 rings (SSSR count). The monoisotopic (exact) mass is 390 g/mol. The summed E-state index contributed by atoms with van der Waals surface area (Å²) < 4.78 is 36.9. The van der Waals surface area contributed by atoms with Gasteiger partial charge in [0, 0.05) is 13.0 Å². The first-order chi connectivity index (χ1) is 12.9. The summed E-state index contributed by atoms with van der Waals surface area (Å²) >= 11 is 0. The lowest BCUT2D eigenvalue weighted by molar-refractivity contribution is -0.122. The van der Waals surface area contributed by atoms with E-state index in [1.807, 2.05) is 13.0 Å². The van der Waals surface area contributed by atoms with Crippen molar-refractivity contribution in [3.8, 4) is 11.5 Å². The van der Waals surface area contributed by atoms with Crippen LogP contribution in [0.1, 0.15) is 13.3 Å². The van der Waals surface area contributed by atoms with Gasteiger partial charge in [-0.15, -0.1) is 0 Å². The molecule has 0 aliphatic carbocycles. The molecule has 8 heteroatoms. The van der Waals surface area contributed by atoms with E-state index in [2.05, 4.69) is 5.32 Å². The zero-order chi connectivity index (χ0) is 19.4. The standard InChI is InChI=1S/C19H22N2O5S/c1-3-25-16-10-6-4-8-14(16)20-19(22)18-12-13-21(27(2,23)24)15-9-5-7-11-17(15)26-18/h4-11,18H,3,12-13H2,1-2H3,(H,20,22)/t18-/m0/s1. The largest absolute Gasteiger partial charge is 0.492 e. The normalized spacial score (nSPS) is 16.7. The molecule has 1 atom stereocenters. The fraction of sp³-hybridized carbons (Fsp3) is 0.316. The van der Waals surface area contributed by atoms with Gasteiger partial charge in [0.05, 0.1) is 24.2 Å². The third-order valence-corrected chi connectivity index (χ3v) is 5.32. The summed E-state index contributed by atoms with van der Waals surface area (Å²) in [7, 11) is -3.48. The Bertz CT molecular complexity index is 929. The van der Waals surface area contributed by atoms with Gasteiger partial charge in [-0.25, -0.2) is 8.42 Å². The van der Waals surface area contributed by atoms with Gasteiger partial charge in [0.2, 0.25) is 10.0 Å². The number of amides is 1. The number of hydrogen-bond donors (Lipinski definition) is 1. The molecular weight excluding hydrogens is 368 g/mol. The molecule has 1 aliphatic heterocycles. The molecule has 1 heterocycles.